The van der Waals surface area contributed by atoms with Crippen molar-refractivity contribution < 1.29 is 9.59 Å². The van der Waals surface area contributed by atoms with Gasteiger partial charge >= 0.3 is 0 Å². The van der Waals surface area contributed by atoms with Gasteiger partial charge in [0.05, 0.1) is 11.3 Å². The Kier molecular flexibility index (Phi) is 3.70. The zero-order chi connectivity index (χ0) is 15.0. The van der Waals surface area contributed by atoms with Crippen LogP contribution in [0.4, 0.5) is 11.4 Å². The second kappa shape index (κ2) is 5.51. The van der Waals surface area contributed by atoms with Gasteiger partial charge in [-0.05, 0) is 49.8 Å². The van der Waals surface area contributed by atoms with E-state index in [0.717, 1.165) is 11.6 Å². The van der Waals surface area contributed by atoms with Crippen molar-refractivity contribution in [3.8, 4) is 0 Å². The molecule has 1 fully saturated rings. The van der Waals surface area contributed by atoms with E-state index in [4.69, 9.17) is 0 Å². The summed E-state index contributed by atoms with van der Waals surface area (Å²) in [5.74, 6) is -0.0671. The summed E-state index contributed by atoms with van der Waals surface area (Å²) in [4.78, 5) is 25.3. The van der Waals surface area contributed by atoms with Crippen LogP contribution in [0.25, 0.3) is 0 Å². The molecule has 3 rings (SSSR count). The van der Waals surface area contributed by atoms with Gasteiger partial charge in [0.2, 0.25) is 0 Å². The quantitative estimate of drug-likeness (QED) is 0.868. The predicted molar refractivity (Wildman–Crippen MR) is 83.8 cm³/mol. The number of nitrogens with zero attached hydrogens (tertiary/aromatic N) is 1. The largest absolute Gasteiger partial charge is 0.372 e. The average Bonchev–Trinajstić information content (AvgIpc) is 2.81. The number of hydrogen-bond donors (Lipinski definition) is 1. The fourth-order valence-electron chi connectivity index (χ4n) is 3.51. The molecule has 0 aromatic heterocycles. The molecule has 1 aromatic carbocycles. The Labute approximate surface area is 125 Å². The van der Waals surface area contributed by atoms with Gasteiger partial charge < -0.3 is 10.2 Å². The lowest BCUT2D eigenvalue weighted by Gasteiger charge is -2.36. The Bertz CT molecular complexity index is 574. The van der Waals surface area contributed by atoms with Crippen molar-refractivity contribution in [3.05, 3.63) is 23.8 Å². The Morgan fingerprint density at radius 1 is 1.19 bits per heavy atom. The molecule has 0 bridgehead atoms. The summed E-state index contributed by atoms with van der Waals surface area (Å²) in [6, 6.07) is 6.19. The maximum absolute atomic E-state index is 11.6. The first-order chi connectivity index (χ1) is 10.1. The summed E-state index contributed by atoms with van der Waals surface area (Å²) < 4.78 is 0. The molecule has 1 aliphatic carbocycles. The van der Waals surface area contributed by atoms with Crippen molar-refractivity contribution in [1.29, 1.82) is 0 Å². The number of carbonyl (C=O) groups is 2. The second-order valence-electron chi connectivity index (χ2n) is 6.21. The van der Waals surface area contributed by atoms with Crippen LogP contribution in [0, 0.1) is 5.92 Å². The molecule has 0 atom stereocenters. The minimum Gasteiger partial charge on any atom is -0.372 e. The zero-order valence-corrected chi connectivity index (χ0v) is 12.7. The van der Waals surface area contributed by atoms with Crippen LogP contribution in [-0.4, -0.2) is 24.8 Å². The van der Waals surface area contributed by atoms with Crippen LogP contribution < -0.4 is 10.2 Å². The molecule has 1 amide bonds. The van der Waals surface area contributed by atoms with Crippen LogP contribution in [0.15, 0.2) is 18.2 Å². The molecule has 1 N–H and O–H groups in total. The van der Waals surface area contributed by atoms with Gasteiger partial charge in [0.25, 0.3) is 11.7 Å². The number of hydrogen-bond acceptors (Lipinski definition) is 3. The van der Waals surface area contributed by atoms with E-state index >= 15 is 0 Å². The first kappa shape index (κ1) is 14.1. The minimum atomic E-state index is -0.520. The number of rotatable bonds is 3. The van der Waals surface area contributed by atoms with Gasteiger partial charge in [-0.15, -0.1) is 0 Å². The van der Waals surface area contributed by atoms with Gasteiger partial charge in [0.1, 0.15) is 0 Å². The van der Waals surface area contributed by atoms with E-state index in [2.05, 4.69) is 24.2 Å². The molecule has 0 unspecified atom stereocenters. The fourth-order valence-corrected chi connectivity index (χ4v) is 3.51. The summed E-state index contributed by atoms with van der Waals surface area (Å²) in [6.45, 7) is 2.27. The smallest absolute Gasteiger partial charge is 0.296 e. The summed E-state index contributed by atoms with van der Waals surface area (Å²) in [5, 5.41) is 2.65. The molecule has 1 aliphatic heterocycles. The van der Waals surface area contributed by atoms with Crippen molar-refractivity contribution in [2.24, 2.45) is 5.92 Å². The molecule has 4 heteroatoms. The number of benzene rings is 1. The van der Waals surface area contributed by atoms with Crippen molar-refractivity contribution in [1.82, 2.24) is 0 Å². The van der Waals surface area contributed by atoms with E-state index in [0.29, 0.717) is 17.3 Å². The minimum absolute atomic E-state index is 0.428. The number of ketones is 1. The van der Waals surface area contributed by atoms with Crippen LogP contribution in [-0.2, 0) is 4.79 Å². The van der Waals surface area contributed by atoms with Crippen LogP contribution in [0.5, 0.6) is 0 Å². The number of nitrogens with one attached hydrogen (secondary N) is 1. The molecule has 0 radical (unpaired) electrons. The van der Waals surface area contributed by atoms with Crippen molar-refractivity contribution in [3.63, 3.8) is 0 Å². The zero-order valence-electron chi connectivity index (χ0n) is 12.7. The Hall–Kier alpha value is -1.84. The van der Waals surface area contributed by atoms with E-state index < -0.39 is 11.7 Å². The van der Waals surface area contributed by atoms with Crippen molar-refractivity contribution in [2.45, 2.75) is 45.1 Å². The summed E-state index contributed by atoms with van der Waals surface area (Å²) >= 11 is 0. The Morgan fingerprint density at radius 2 is 1.90 bits per heavy atom. The SMILES string of the molecule is CCC1CCC(N(C)c2ccc3c(c2)NC(=O)C3=O)CC1. The van der Waals surface area contributed by atoms with Gasteiger partial charge in [-0.3, -0.25) is 9.59 Å². The Balaban J connectivity index is 1.75. The highest BCUT2D eigenvalue weighted by atomic mass is 16.2. The molecular weight excluding hydrogens is 264 g/mol. The van der Waals surface area contributed by atoms with E-state index in [9.17, 15) is 9.59 Å². The summed E-state index contributed by atoms with van der Waals surface area (Å²) in [6.07, 6.45) is 6.32. The van der Waals surface area contributed by atoms with Gasteiger partial charge in [-0.1, -0.05) is 13.3 Å². The van der Waals surface area contributed by atoms with E-state index in [1.807, 2.05) is 12.1 Å². The van der Waals surface area contributed by atoms with E-state index in [1.165, 1.54) is 32.1 Å². The van der Waals surface area contributed by atoms with E-state index in [-0.39, 0.29) is 0 Å². The second-order valence-corrected chi connectivity index (χ2v) is 6.21. The highest BCUT2D eigenvalue weighted by Gasteiger charge is 2.29. The number of Topliss-reactive ketones (excluding diaryl/α,β-unsaturated/α-hetero) is 1. The maximum atomic E-state index is 11.6. The third-order valence-electron chi connectivity index (χ3n) is 5.05. The monoisotopic (exact) mass is 286 g/mol. The van der Waals surface area contributed by atoms with E-state index in [1.54, 1.807) is 6.07 Å². The lowest BCUT2D eigenvalue weighted by Crippen LogP contribution is -2.35. The van der Waals surface area contributed by atoms with Gasteiger partial charge in [-0.2, -0.15) is 0 Å². The van der Waals surface area contributed by atoms with Crippen LogP contribution >= 0.6 is 0 Å². The molecule has 112 valence electrons. The molecule has 1 heterocycles. The predicted octanol–water partition coefficient (Wildman–Crippen LogP) is 3.23. The van der Waals surface area contributed by atoms with Gasteiger partial charge in [0, 0.05) is 18.8 Å². The topological polar surface area (TPSA) is 49.4 Å². The molecule has 0 saturated heterocycles. The lowest BCUT2D eigenvalue weighted by atomic mass is 9.84. The van der Waals surface area contributed by atoms with Gasteiger partial charge in [-0.25, -0.2) is 0 Å². The molecular formula is C17H22N2O2. The maximum Gasteiger partial charge on any atom is 0.296 e. The fraction of sp³-hybridized carbons (Fsp3) is 0.529. The van der Waals surface area contributed by atoms with Crippen molar-refractivity contribution >= 4 is 23.1 Å². The van der Waals surface area contributed by atoms with Gasteiger partial charge in [0.15, 0.2) is 0 Å². The molecule has 4 nitrogen and oxygen atoms in total. The molecule has 21 heavy (non-hydrogen) atoms. The highest BCUT2D eigenvalue weighted by Crippen LogP contribution is 2.33. The summed E-state index contributed by atoms with van der Waals surface area (Å²) in [7, 11) is 2.11. The van der Waals surface area contributed by atoms with Crippen LogP contribution in [0.2, 0.25) is 0 Å². The first-order valence-electron chi connectivity index (χ1n) is 7.82. The lowest BCUT2D eigenvalue weighted by molar-refractivity contribution is -0.112. The van der Waals surface area contributed by atoms with Crippen LogP contribution in [0.1, 0.15) is 49.4 Å². The third kappa shape index (κ3) is 2.55. The summed E-state index contributed by atoms with van der Waals surface area (Å²) in [5.41, 5.74) is 2.21. The number of anilines is 2. The third-order valence-corrected chi connectivity index (χ3v) is 5.05. The average molecular weight is 286 g/mol. The molecule has 0 spiro atoms. The molecule has 1 aromatic rings. The first-order valence-corrected chi connectivity index (χ1v) is 7.82. The number of amides is 1. The number of fused-ring (bicyclic) bond motifs is 1. The standard InChI is InChI=1S/C17H22N2O2/c1-3-11-4-6-12(7-5-11)19(2)13-8-9-14-15(10-13)18-17(21)16(14)20/h8-12H,3-7H2,1-2H3,(H,18,20,21). The molecule has 2 aliphatic rings. The van der Waals surface area contributed by atoms with Crippen LogP contribution in [0.3, 0.4) is 0 Å². The van der Waals surface area contributed by atoms with Crippen molar-refractivity contribution in [2.75, 3.05) is 17.3 Å². The molecule has 1 saturated carbocycles. The normalized spacial score (nSPS) is 24.7. The highest BCUT2D eigenvalue weighted by molar-refractivity contribution is 6.51. The Morgan fingerprint density at radius 3 is 2.57 bits per heavy atom. The number of carbonyl (C=O) groups excluding carboxylic acids is 2.